The van der Waals surface area contributed by atoms with Gasteiger partial charge in [-0.15, -0.1) is 11.6 Å². The van der Waals surface area contributed by atoms with E-state index in [1.807, 2.05) is 0 Å². The van der Waals surface area contributed by atoms with E-state index < -0.39 is 5.82 Å². The fourth-order valence-electron chi connectivity index (χ4n) is 2.37. The van der Waals surface area contributed by atoms with Gasteiger partial charge in [-0.1, -0.05) is 12.1 Å². The van der Waals surface area contributed by atoms with Crippen LogP contribution in [0.2, 0.25) is 0 Å². The third-order valence-electron chi connectivity index (χ3n) is 3.30. The van der Waals surface area contributed by atoms with Gasteiger partial charge in [0.25, 0.3) is 0 Å². The molecule has 0 aliphatic carbocycles. The van der Waals surface area contributed by atoms with Gasteiger partial charge in [0.1, 0.15) is 17.5 Å². The standard InChI is InChI=1S/C15H10BrClF2N2/c1-8-3-2-4-10(18)15(8)21-13-5-9(16)11(19)6-12(13)20-14(21)7-17/h2-6H,7H2,1H3. The monoisotopic (exact) mass is 370 g/mol. The third-order valence-corrected chi connectivity index (χ3v) is 4.14. The van der Waals surface area contributed by atoms with Gasteiger partial charge in [-0.3, -0.25) is 4.57 Å². The molecule has 0 unspecified atom stereocenters. The summed E-state index contributed by atoms with van der Waals surface area (Å²) in [5.74, 6) is -0.223. The van der Waals surface area contributed by atoms with Crippen LogP contribution in [0.15, 0.2) is 34.8 Å². The minimum absolute atomic E-state index is 0.0989. The first-order valence-electron chi connectivity index (χ1n) is 6.20. The molecule has 108 valence electrons. The SMILES string of the molecule is Cc1cccc(F)c1-n1c(CCl)nc2cc(F)c(Br)cc21. The van der Waals surface area contributed by atoms with Crippen molar-refractivity contribution in [2.24, 2.45) is 0 Å². The zero-order chi connectivity index (χ0) is 15.1. The Kier molecular flexibility index (Phi) is 3.71. The molecule has 0 N–H and O–H groups in total. The van der Waals surface area contributed by atoms with Crippen LogP contribution in [0.4, 0.5) is 8.78 Å². The quantitative estimate of drug-likeness (QED) is 0.572. The summed E-state index contributed by atoms with van der Waals surface area (Å²) in [6, 6.07) is 7.72. The largest absolute Gasteiger partial charge is 0.292 e. The fourth-order valence-corrected chi connectivity index (χ4v) is 2.88. The number of fused-ring (bicyclic) bond motifs is 1. The lowest BCUT2D eigenvalue weighted by atomic mass is 10.2. The summed E-state index contributed by atoms with van der Waals surface area (Å²) in [4.78, 5) is 4.30. The number of nitrogens with zero attached hydrogens (tertiary/aromatic N) is 2. The molecule has 0 atom stereocenters. The van der Waals surface area contributed by atoms with Gasteiger partial charge in [0, 0.05) is 6.07 Å². The van der Waals surface area contributed by atoms with Crippen molar-refractivity contribution in [3.05, 3.63) is 57.8 Å². The summed E-state index contributed by atoms with van der Waals surface area (Å²) in [6.07, 6.45) is 0. The Morgan fingerprint density at radius 2 is 2.00 bits per heavy atom. The molecule has 21 heavy (non-hydrogen) atoms. The fraction of sp³-hybridized carbons (Fsp3) is 0.133. The molecule has 0 aliphatic heterocycles. The van der Waals surface area contributed by atoms with E-state index in [1.54, 1.807) is 29.7 Å². The first kappa shape index (κ1) is 14.5. The minimum Gasteiger partial charge on any atom is -0.292 e. The van der Waals surface area contributed by atoms with Crippen molar-refractivity contribution in [2.45, 2.75) is 12.8 Å². The zero-order valence-electron chi connectivity index (χ0n) is 11.0. The molecule has 0 saturated carbocycles. The van der Waals surface area contributed by atoms with Crippen LogP contribution >= 0.6 is 27.5 Å². The second-order valence-electron chi connectivity index (χ2n) is 4.66. The number of benzene rings is 2. The van der Waals surface area contributed by atoms with Gasteiger partial charge in [0.2, 0.25) is 0 Å². The molecule has 0 fully saturated rings. The zero-order valence-corrected chi connectivity index (χ0v) is 13.3. The number of para-hydroxylation sites is 1. The van der Waals surface area contributed by atoms with Crippen LogP contribution in [0.25, 0.3) is 16.7 Å². The van der Waals surface area contributed by atoms with Crippen molar-refractivity contribution < 1.29 is 8.78 Å². The highest BCUT2D eigenvalue weighted by Gasteiger charge is 2.18. The van der Waals surface area contributed by atoms with Crippen LogP contribution in [0.5, 0.6) is 0 Å². The molecule has 1 aromatic heterocycles. The Labute approximate surface area is 133 Å². The van der Waals surface area contributed by atoms with Crippen LogP contribution in [-0.2, 0) is 5.88 Å². The van der Waals surface area contributed by atoms with Crippen molar-refractivity contribution in [1.29, 1.82) is 0 Å². The van der Waals surface area contributed by atoms with Crippen LogP contribution in [0.3, 0.4) is 0 Å². The number of hydrogen-bond acceptors (Lipinski definition) is 1. The molecule has 2 nitrogen and oxygen atoms in total. The van der Waals surface area contributed by atoms with Gasteiger partial charge < -0.3 is 0 Å². The number of imidazole rings is 1. The smallest absolute Gasteiger partial charge is 0.147 e. The van der Waals surface area contributed by atoms with Gasteiger partial charge in [0.15, 0.2) is 0 Å². The average Bonchev–Trinajstić information content (AvgIpc) is 2.77. The summed E-state index contributed by atoms with van der Waals surface area (Å²) < 4.78 is 29.8. The predicted octanol–water partition coefficient (Wildman–Crippen LogP) is 5.11. The van der Waals surface area contributed by atoms with E-state index in [0.717, 1.165) is 5.56 Å². The van der Waals surface area contributed by atoms with Crippen LogP contribution in [-0.4, -0.2) is 9.55 Å². The summed E-state index contributed by atoms with van der Waals surface area (Å²) in [5.41, 5.74) is 2.18. The van der Waals surface area contributed by atoms with Crippen molar-refractivity contribution in [1.82, 2.24) is 9.55 Å². The van der Waals surface area contributed by atoms with Gasteiger partial charge in [-0.2, -0.15) is 0 Å². The van der Waals surface area contributed by atoms with Gasteiger partial charge in [-0.25, -0.2) is 13.8 Å². The number of halogens is 4. The van der Waals surface area contributed by atoms with Gasteiger partial charge in [0.05, 0.1) is 27.1 Å². The summed E-state index contributed by atoms with van der Waals surface area (Å²) >= 11 is 9.07. The van der Waals surface area contributed by atoms with E-state index >= 15 is 0 Å². The number of aryl methyl sites for hydroxylation is 1. The van der Waals surface area contributed by atoms with Crippen molar-refractivity contribution in [3.8, 4) is 5.69 Å². The molecule has 0 aliphatic rings. The molecule has 0 bridgehead atoms. The number of alkyl halides is 1. The predicted molar refractivity (Wildman–Crippen MR) is 83.0 cm³/mol. The average molecular weight is 372 g/mol. The first-order chi connectivity index (χ1) is 10.0. The van der Waals surface area contributed by atoms with Gasteiger partial charge in [-0.05, 0) is 40.5 Å². The number of hydrogen-bond donors (Lipinski definition) is 0. The molecule has 0 radical (unpaired) electrons. The maximum absolute atomic E-state index is 14.3. The van der Waals surface area contributed by atoms with Gasteiger partial charge >= 0.3 is 0 Å². The third kappa shape index (κ3) is 2.34. The maximum Gasteiger partial charge on any atom is 0.147 e. The Bertz CT molecular complexity index is 825. The normalized spacial score (nSPS) is 11.3. The second-order valence-corrected chi connectivity index (χ2v) is 5.78. The lowest BCUT2D eigenvalue weighted by molar-refractivity contribution is 0.616. The summed E-state index contributed by atoms with van der Waals surface area (Å²) in [7, 11) is 0. The van der Waals surface area contributed by atoms with Crippen molar-refractivity contribution >= 4 is 38.6 Å². The highest BCUT2D eigenvalue weighted by molar-refractivity contribution is 9.10. The Balaban J connectivity index is 2.43. The summed E-state index contributed by atoms with van der Waals surface area (Å²) in [5, 5.41) is 0. The Morgan fingerprint density at radius 3 is 2.67 bits per heavy atom. The molecule has 1 heterocycles. The topological polar surface area (TPSA) is 17.8 Å². The maximum atomic E-state index is 14.3. The molecular formula is C15H10BrClF2N2. The Hall–Kier alpha value is -1.46. The number of aromatic nitrogens is 2. The lowest BCUT2D eigenvalue weighted by Crippen LogP contribution is -2.04. The Morgan fingerprint density at radius 1 is 1.24 bits per heavy atom. The molecule has 3 aromatic rings. The van der Waals surface area contributed by atoms with Crippen molar-refractivity contribution in [2.75, 3.05) is 0 Å². The molecule has 0 amide bonds. The van der Waals surface area contributed by atoms with E-state index in [4.69, 9.17) is 11.6 Å². The van der Waals surface area contributed by atoms with E-state index in [1.165, 1.54) is 12.1 Å². The van der Waals surface area contributed by atoms with E-state index in [2.05, 4.69) is 20.9 Å². The molecule has 6 heteroatoms. The van der Waals surface area contributed by atoms with Crippen molar-refractivity contribution in [3.63, 3.8) is 0 Å². The van der Waals surface area contributed by atoms with E-state index in [0.29, 0.717) is 27.0 Å². The highest BCUT2D eigenvalue weighted by Crippen LogP contribution is 2.30. The molecule has 0 spiro atoms. The summed E-state index contributed by atoms with van der Waals surface area (Å²) in [6.45, 7) is 1.81. The van der Waals surface area contributed by atoms with Crippen LogP contribution in [0, 0.1) is 18.6 Å². The molecule has 3 rings (SSSR count). The van der Waals surface area contributed by atoms with Crippen LogP contribution < -0.4 is 0 Å². The minimum atomic E-state index is -0.418. The highest BCUT2D eigenvalue weighted by atomic mass is 79.9. The van der Waals surface area contributed by atoms with E-state index in [-0.39, 0.29) is 11.7 Å². The lowest BCUT2D eigenvalue weighted by Gasteiger charge is -2.12. The van der Waals surface area contributed by atoms with E-state index in [9.17, 15) is 8.78 Å². The molecule has 0 saturated heterocycles. The van der Waals surface area contributed by atoms with Crippen LogP contribution in [0.1, 0.15) is 11.4 Å². The second kappa shape index (κ2) is 5.39. The number of rotatable bonds is 2. The molecular weight excluding hydrogens is 362 g/mol. The first-order valence-corrected chi connectivity index (χ1v) is 7.53. The molecule has 2 aromatic carbocycles.